The van der Waals surface area contributed by atoms with Gasteiger partial charge in [0.05, 0.1) is 14.2 Å². The zero-order valence-electron chi connectivity index (χ0n) is 17.4. The first kappa shape index (κ1) is 21.8. The average molecular weight is 416 g/mol. The minimum absolute atomic E-state index is 0.0204. The van der Waals surface area contributed by atoms with Crippen LogP contribution in [0.3, 0.4) is 0 Å². The number of methoxy groups -OCH3 is 2. The molecule has 1 aliphatic heterocycles. The number of halogens is 2. The quantitative estimate of drug-likeness (QED) is 0.744. The summed E-state index contributed by atoms with van der Waals surface area (Å²) in [7, 11) is 3.06. The number of rotatable bonds is 7. The van der Waals surface area contributed by atoms with E-state index in [2.05, 4.69) is 5.32 Å². The van der Waals surface area contributed by atoms with E-state index < -0.39 is 11.6 Å². The molecule has 1 N–H and O–H groups in total. The average Bonchev–Trinajstić information content (AvgIpc) is 3.27. The van der Waals surface area contributed by atoms with E-state index in [1.807, 2.05) is 6.92 Å². The van der Waals surface area contributed by atoms with Gasteiger partial charge in [0.25, 0.3) is 5.91 Å². The molecular weight excluding hydrogens is 390 g/mol. The zero-order valence-corrected chi connectivity index (χ0v) is 17.4. The van der Waals surface area contributed by atoms with Crippen LogP contribution in [0.25, 0.3) is 6.08 Å². The Balaban J connectivity index is 1.87. The second-order valence-electron chi connectivity index (χ2n) is 7.31. The van der Waals surface area contributed by atoms with Crippen molar-refractivity contribution in [3.63, 3.8) is 0 Å². The molecule has 160 valence electrons. The highest BCUT2D eigenvalue weighted by molar-refractivity contribution is 5.95. The first-order valence-electron chi connectivity index (χ1n) is 9.79. The molecule has 1 aliphatic rings. The van der Waals surface area contributed by atoms with Crippen molar-refractivity contribution in [1.82, 2.24) is 10.2 Å². The van der Waals surface area contributed by atoms with Gasteiger partial charge in [0.1, 0.15) is 11.6 Å². The van der Waals surface area contributed by atoms with E-state index in [1.165, 1.54) is 19.2 Å². The van der Waals surface area contributed by atoms with Crippen LogP contribution < -0.4 is 14.8 Å². The standard InChI is InChI=1S/C23H26F2N2O3/c1-15(10-16-4-6-18(24)12-20(16)25)14-27(19-8-9-26-13-19)23(28)17-5-7-21(29-2)22(11-17)30-3/h4-7,10-12,19,26H,8-9,13-14H2,1-3H3/b15-10+. The smallest absolute Gasteiger partial charge is 0.254 e. The highest BCUT2D eigenvalue weighted by atomic mass is 19.1. The molecule has 0 spiro atoms. The summed E-state index contributed by atoms with van der Waals surface area (Å²) in [5, 5.41) is 3.28. The first-order valence-corrected chi connectivity index (χ1v) is 9.79. The number of nitrogens with zero attached hydrogens (tertiary/aromatic N) is 1. The van der Waals surface area contributed by atoms with Gasteiger partial charge in [-0.3, -0.25) is 4.79 Å². The molecule has 2 aromatic rings. The van der Waals surface area contributed by atoms with Gasteiger partial charge in [-0.1, -0.05) is 11.6 Å². The number of amides is 1. The number of hydrogen-bond donors (Lipinski definition) is 1. The van der Waals surface area contributed by atoms with E-state index in [4.69, 9.17) is 9.47 Å². The third-order valence-corrected chi connectivity index (χ3v) is 5.15. The van der Waals surface area contributed by atoms with Crippen LogP contribution >= 0.6 is 0 Å². The third kappa shape index (κ3) is 4.97. The maximum absolute atomic E-state index is 14.0. The molecule has 0 bridgehead atoms. The Bertz CT molecular complexity index is 940. The van der Waals surface area contributed by atoms with Crippen molar-refractivity contribution < 1.29 is 23.0 Å². The van der Waals surface area contributed by atoms with Crippen LogP contribution in [0.5, 0.6) is 11.5 Å². The van der Waals surface area contributed by atoms with Gasteiger partial charge in [0, 0.05) is 36.3 Å². The fraction of sp³-hybridized carbons (Fsp3) is 0.348. The van der Waals surface area contributed by atoms with Crippen molar-refractivity contribution in [2.75, 3.05) is 33.9 Å². The molecular formula is C23H26F2N2O3. The summed E-state index contributed by atoms with van der Waals surface area (Å²) in [6, 6.07) is 8.56. The minimum Gasteiger partial charge on any atom is -0.493 e. The molecule has 1 heterocycles. The summed E-state index contributed by atoms with van der Waals surface area (Å²) in [6.07, 6.45) is 2.48. The van der Waals surface area contributed by atoms with E-state index in [-0.39, 0.29) is 17.5 Å². The monoisotopic (exact) mass is 416 g/mol. The first-order chi connectivity index (χ1) is 14.4. The van der Waals surface area contributed by atoms with Gasteiger partial charge in [-0.05, 0) is 50.2 Å². The van der Waals surface area contributed by atoms with E-state index in [0.717, 1.165) is 24.6 Å². The van der Waals surface area contributed by atoms with Gasteiger partial charge in [-0.2, -0.15) is 0 Å². The van der Waals surface area contributed by atoms with E-state index in [0.29, 0.717) is 30.2 Å². The Kier molecular flexibility index (Phi) is 7.05. The van der Waals surface area contributed by atoms with E-state index in [1.54, 1.807) is 36.3 Å². The van der Waals surface area contributed by atoms with Crippen LogP contribution in [-0.2, 0) is 0 Å². The number of carbonyl (C=O) groups excluding carboxylic acids is 1. The molecule has 1 amide bonds. The maximum atomic E-state index is 14.0. The molecule has 5 nitrogen and oxygen atoms in total. The fourth-order valence-electron chi connectivity index (χ4n) is 3.61. The molecule has 0 aliphatic carbocycles. The molecule has 1 atom stereocenters. The van der Waals surface area contributed by atoms with Crippen molar-refractivity contribution >= 4 is 12.0 Å². The molecule has 0 saturated carbocycles. The topological polar surface area (TPSA) is 50.8 Å². The van der Waals surface area contributed by atoms with Crippen LogP contribution in [0.4, 0.5) is 8.78 Å². The molecule has 1 fully saturated rings. The summed E-state index contributed by atoms with van der Waals surface area (Å²) in [5.74, 6) is -0.365. The normalized spacial score (nSPS) is 16.4. The largest absolute Gasteiger partial charge is 0.493 e. The molecule has 1 unspecified atom stereocenters. The van der Waals surface area contributed by atoms with Crippen LogP contribution in [0, 0.1) is 11.6 Å². The van der Waals surface area contributed by atoms with Crippen molar-refractivity contribution in [3.05, 3.63) is 64.7 Å². The zero-order chi connectivity index (χ0) is 21.7. The molecule has 7 heteroatoms. The number of carbonyl (C=O) groups is 1. The van der Waals surface area contributed by atoms with Gasteiger partial charge in [-0.25, -0.2) is 8.78 Å². The number of hydrogen-bond acceptors (Lipinski definition) is 4. The Morgan fingerprint density at radius 1 is 1.17 bits per heavy atom. The van der Waals surface area contributed by atoms with Gasteiger partial charge >= 0.3 is 0 Å². The molecule has 0 aromatic heterocycles. The lowest BCUT2D eigenvalue weighted by atomic mass is 10.1. The number of ether oxygens (including phenoxy) is 2. The Morgan fingerprint density at radius 3 is 2.57 bits per heavy atom. The highest BCUT2D eigenvalue weighted by Crippen LogP contribution is 2.29. The number of benzene rings is 2. The molecule has 0 radical (unpaired) electrons. The molecule has 1 saturated heterocycles. The van der Waals surface area contributed by atoms with Crippen LogP contribution in [0.1, 0.15) is 29.3 Å². The lowest BCUT2D eigenvalue weighted by Crippen LogP contribution is -2.42. The predicted octanol–water partition coefficient (Wildman–Crippen LogP) is 3.89. The molecule has 3 rings (SSSR count). The van der Waals surface area contributed by atoms with Gasteiger partial charge in [-0.15, -0.1) is 0 Å². The van der Waals surface area contributed by atoms with Crippen molar-refractivity contribution in [2.45, 2.75) is 19.4 Å². The summed E-state index contributed by atoms with van der Waals surface area (Å²) >= 11 is 0. The highest BCUT2D eigenvalue weighted by Gasteiger charge is 2.28. The Labute approximate surface area is 175 Å². The van der Waals surface area contributed by atoms with Gasteiger partial charge < -0.3 is 19.7 Å². The summed E-state index contributed by atoms with van der Waals surface area (Å²) in [4.78, 5) is 15.1. The second-order valence-corrected chi connectivity index (χ2v) is 7.31. The third-order valence-electron chi connectivity index (χ3n) is 5.15. The second kappa shape index (κ2) is 9.71. The van der Waals surface area contributed by atoms with Crippen LogP contribution in [-0.4, -0.2) is 50.7 Å². The van der Waals surface area contributed by atoms with E-state index in [9.17, 15) is 13.6 Å². The fourth-order valence-corrected chi connectivity index (χ4v) is 3.61. The van der Waals surface area contributed by atoms with Crippen molar-refractivity contribution in [3.8, 4) is 11.5 Å². The summed E-state index contributed by atoms with van der Waals surface area (Å²) in [6.45, 7) is 3.68. The Hall–Kier alpha value is -2.93. The molecule has 2 aromatic carbocycles. The van der Waals surface area contributed by atoms with Crippen molar-refractivity contribution in [2.24, 2.45) is 0 Å². The van der Waals surface area contributed by atoms with Gasteiger partial charge in [0.15, 0.2) is 11.5 Å². The predicted molar refractivity (Wildman–Crippen MR) is 112 cm³/mol. The Morgan fingerprint density at radius 2 is 1.93 bits per heavy atom. The SMILES string of the molecule is COc1ccc(C(=O)N(C/C(C)=C/c2ccc(F)cc2F)C2CCNC2)cc1OC. The lowest BCUT2D eigenvalue weighted by Gasteiger charge is -2.29. The minimum atomic E-state index is -0.630. The summed E-state index contributed by atoms with van der Waals surface area (Å²) in [5.41, 5.74) is 1.57. The van der Waals surface area contributed by atoms with E-state index >= 15 is 0 Å². The lowest BCUT2D eigenvalue weighted by molar-refractivity contribution is 0.0711. The number of nitrogens with one attached hydrogen (secondary N) is 1. The van der Waals surface area contributed by atoms with Crippen LogP contribution in [0.15, 0.2) is 42.0 Å². The molecule has 30 heavy (non-hydrogen) atoms. The summed E-state index contributed by atoms with van der Waals surface area (Å²) < 4.78 is 37.8. The maximum Gasteiger partial charge on any atom is 0.254 e. The van der Waals surface area contributed by atoms with Gasteiger partial charge in [0.2, 0.25) is 0 Å². The van der Waals surface area contributed by atoms with Crippen LogP contribution in [0.2, 0.25) is 0 Å². The van der Waals surface area contributed by atoms with Crippen molar-refractivity contribution in [1.29, 1.82) is 0 Å².